The van der Waals surface area contributed by atoms with E-state index in [1.807, 2.05) is 18.4 Å². The Bertz CT molecular complexity index is 1090. The Morgan fingerprint density at radius 3 is 2.89 bits per heavy atom. The maximum atomic E-state index is 13.0. The summed E-state index contributed by atoms with van der Waals surface area (Å²) in [6, 6.07) is 4.27. The molecule has 4 rings (SSSR count). The van der Waals surface area contributed by atoms with Crippen molar-refractivity contribution < 1.29 is 4.79 Å². The lowest BCUT2D eigenvalue weighted by Gasteiger charge is -2.15. The fraction of sp³-hybridized carbons (Fsp3) is 0.263. The van der Waals surface area contributed by atoms with Crippen molar-refractivity contribution >= 4 is 56.0 Å². The van der Waals surface area contributed by atoms with E-state index in [1.54, 1.807) is 35.1 Å². The van der Waals surface area contributed by atoms with Crippen LogP contribution in [0.4, 0.5) is 5.82 Å². The first-order valence-electron chi connectivity index (χ1n) is 8.71. The number of aryl methyl sites for hydroxylation is 1. The molecule has 0 spiro atoms. The maximum Gasteiger partial charge on any atom is 0.264 e. The van der Waals surface area contributed by atoms with Crippen LogP contribution in [0.1, 0.15) is 38.8 Å². The molecular formula is C19H19N5OS3. The van der Waals surface area contributed by atoms with Gasteiger partial charge in [-0.3, -0.25) is 4.79 Å². The SMILES string of the molecule is Cc1c(C(=O)N(C)Cc2cscn2)sc2ncnc(NC(C)c3cccs3)c12. The van der Waals surface area contributed by atoms with Crippen LogP contribution in [-0.2, 0) is 6.54 Å². The average Bonchev–Trinajstić information content (AvgIpc) is 3.43. The fourth-order valence-electron chi connectivity index (χ4n) is 3.00. The second kappa shape index (κ2) is 7.94. The quantitative estimate of drug-likeness (QED) is 0.469. The highest BCUT2D eigenvalue weighted by molar-refractivity contribution is 7.20. The van der Waals surface area contributed by atoms with Crippen molar-refractivity contribution in [2.75, 3.05) is 12.4 Å². The van der Waals surface area contributed by atoms with E-state index >= 15 is 0 Å². The van der Waals surface area contributed by atoms with E-state index in [9.17, 15) is 4.79 Å². The number of hydrogen-bond acceptors (Lipinski definition) is 8. The summed E-state index contributed by atoms with van der Waals surface area (Å²) in [5.41, 5.74) is 3.59. The Hall–Kier alpha value is -2.36. The molecule has 4 aromatic heterocycles. The molecule has 0 radical (unpaired) electrons. The molecule has 9 heteroatoms. The zero-order chi connectivity index (χ0) is 19.7. The number of hydrogen-bond donors (Lipinski definition) is 1. The molecule has 1 N–H and O–H groups in total. The Morgan fingerprint density at radius 1 is 1.32 bits per heavy atom. The van der Waals surface area contributed by atoms with Crippen molar-refractivity contribution in [2.24, 2.45) is 0 Å². The molecule has 0 saturated heterocycles. The van der Waals surface area contributed by atoms with Gasteiger partial charge in [0.15, 0.2) is 0 Å². The van der Waals surface area contributed by atoms with E-state index in [0.29, 0.717) is 11.4 Å². The van der Waals surface area contributed by atoms with E-state index in [0.717, 1.165) is 27.3 Å². The maximum absolute atomic E-state index is 13.0. The smallest absolute Gasteiger partial charge is 0.264 e. The van der Waals surface area contributed by atoms with Crippen LogP contribution >= 0.6 is 34.0 Å². The van der Waals surface area contributed by atoms with Gasteiger partial charge in [-0.15, -0.1) is 34.0 Å². The van der Waals surface area contributed by atoms with Crippen molar-refractivity contribution in [1.29, 1.82) is 0 Å². The van der Waals surface area contributed by atoms with Gasteiger partial charge < -0.3 is 10.2 Å². The van der Waals surface area contributed by atoms with E-state index in [2.05, 4.69) is 38.6 Å². The van der Waals surface area contributed by atoms with Crippen LogP contribution in [0, 0.1) is 6.92 Å². The topological polar surface area (TPSA) is 71.0 Å². The number of aromatic nitrogens is 3. The number of carbonyl (C=O) groups excluding carboxylic acids is 1. The Labute approximate surface area is 174 Å². The van der Waals surface area contributed by atoms with Gasteiger partial charge in [-0.05, 0) is 30.9 Å². The highest BCUT2D eigenvalue weighted by atomic mass is 32.1. The van der Waals surface area contributed by atoms with Crippen molar-refractivity contribution in [3.63, 3.8) is 0 Å². The molecule has 1 unspecified atom stereocenters. The molecule has 4 heterocycles. The van der Waals surface area contributed by atoms with Gasteiger partial charge in [0.1, 0.15) is 17.0 Å². The first kappa shape index (κ1) is 19.0. The summed E-state index contributed by atoms with van der Waals surface area (Å²) in [7, 11) is 1.80. The van der Waals surface area contributed by atoms with E-state index in [4.69, 9.17) is 0 Å². The molecular weight excluding hydrogens is 410 g/mol. The lowest BCUT2D eigenvalue weighted by Crippen LogP contribution is -2.26. The Balaban J connectivity index is 1.64. The number of nitrogens with one attached hydrogen (secondary N) is 1. The van der Waals surface area contributed by atoms with Crippen molar-refractivity contribution in [1.82, 2.24) is 19.9 Å². The van der Waals surface area contributed by atoms with Gasteiger partial charge in [0, 0.05) is 17.3 Å². The third-order valence-electron chi connectivity index (χ3n) is 4.47. The van der Waals surface area contributed by atoms with Gasteiger partial charge in [-0.1, -0.05) is 6.07 Å². The molecule has 0 aromatic carbocycles. The highest BCUT2D eigenvalue weighted by Crippen LogP contribution is 2.35. The number of fused-ring (bicyclic) bond motifs is 1. The molecule has 6 nitrogen and oxygen atoms in total. The molecule has 1 atom stereocenters. The Morgan fingerprint density at radius 2 is 2.18 bits per heavy atom. The Kier molecular flexibility index (Phi) is 5.38. The highest BCUT2D eigenvalue weighted by Gasteiger charge is 2.23. The van der Waals surface area contributed by atoms with Crippen LogP contribution in [0.5, 0.6) is 0 Å². The second-order valence-electron chi connectivity index (χ2n) is 6.48. The summed E-state index contributed by atoms with van der Waals surface area (Å²) < 4.78 is 0. The molecule has 0 aliphatic rings. The normalized spacial score (nSPS) is 12.2. The van der Waals surface area contributed by atoms with E-state index in [-0.39, 0.29) is 11.9 Å². The molecule has 1 amide bonds. The number of rotatable bonds is 6. The molecule has 0 fully saturated rings. The zero-order valence-corrected chi connectivity index (χ0v) is 18.1. The van der Waals surface area contributed by atoms with Crippen molar-refractivity contribution in [3.8, 4) is 0 Å². The van der Waals surface area contributed by atoms with Gasteiger partial charge in [0.05, 0.1) is 34.1 Å². The molecule has 0 aliphatic carbocycles. The zero-order valence-electron chi connectivity index (χ0n) is 15.7. The third-order valence-corrected chi connectivity index (χ3v) is 7.35. The van der Waals surface area contributed by atoms with Gasteiger partial charge in [-0.2, -0.15) is 0 Å². The second-order valence-corrected chi connectivity index (χ2v) is 9.18. The molecule has 0 aliphatic heterocycles. The largest absolute Gasteiger partial charge is 0.362 e. The van der Waals surface area contributed by atoms with Crippen LogP contribution in [-0.4, -0.2) is 32.8 Å². The molecule has 28 heavy (non-hydrogen) atoms. The van der Waals surface area contributed by atoms with Gasteiger partial charge in [-0.25, -0.2) is 15.0 Å². The number of thiophene rings is 2. The number of carbonyl (C=O) groups is 1. The predicted octanol–water partition coefficient (Wildman–Crippen LogP) is 4.96. The van der Waals surface area contributed by atoms with Crippen LogP contribution in [0.3, 0.4) is 0 Å². The molecule has 0 bridgehead atoms. The predicted molar refractivity (Wildman–Crippen MR) is 116 cm³/mol. The first-order chi connectivity index (χ1) is 13.5. The molecule has 0 saturated carbocycles. The minimum absolute atomic E-state index is 0.0224. The number of amides is 1. The minimum atomic E-state index is -0.0224. The number of anilines is 1. The van der Waals surface area contributed by atoms with Gasteiger partial charge >= 0.3 is 0 Å². The third kappa shape index (κ3) is 3.65. The summed E-state index contributed by atoms with van der Waals surface area (Å²) >= 11 is 4.65. The summed E-state index contributed by atoms with van der Waals surface area (Å²) in [6.07, 6.45) is 1.55. The summed E-state index contributed by atoms with van der Waals surface area (Å²) in [5, 5.41) is 8.42. The van der Waals surface area contributed by atoms with Crippen molar-refractivity contribution in [2.45, 2.75) is 26.4 Å². The summed E-state index contributed by atoms with van der Waals surface area (Å²) in [6.45, 7) is 4.56. The van der Waals surface area contributed by atoms with Crippen molar-refractivity contribution in [3.05, 3.63) is 55.7 Å². The number of nitrogens with zero attached hydrogens (tertiary/aromatic N) is 4. The standard InChI is InChI=1S/C19H19N5OS3/c1-11-15-17(23-12(2)14-5-4-6-27-14)20-9-21-18(15)28-16(11)19(25)24(3)7-13-8-26-10-22-13/h4-6,8-10,12H,7H2,1-3H3,(H,20,21,23). The van der Waals surface area contributed by atoms with Crippen LogP contribution < -0.4 is 5.32 Å². The number of thiazole rings is 1. The summed E-state index contributed by atoms with van der Waals surface area (Å²) in [4.78, 5) is 30.6. The lowest BCUT2D eigenvalue weighted by atomic mass is 10.1. The lowest BCUT2D eigenvalue weighted by molar-refractivity contribution is 0.0788. The van der Waals surface area contributed by atoms with E-state index < -0.39 is 0 Å². The van der Waals surface area contributed by atoms with Crippen LogP contribution in [0.25, 0.3) is 10.2 Å². The van der Waals surface area contributed by atoms with Gasteiger partial charge in [0.25, 0.3) is 5.91 Å². The summed E-state index contributed by atoms with van der Waals surface area (Å²) in [5.74, 6) is 0.742. The van der Waals surface area contributed by atoms with Gasteiger partial charge in [0.2, 0.25) is 0 Å². The van der Waals surface area contributed by atoms with Crippen LogP contribution in [0.2, 0.25) is 0 Å². The molecule has 4 aromatic rings. The fourth-order valence-corrected chi connectivity index (χ4v) is 5.43. The van der Waals surface area contributed by atoms with Crippen LogP contribution in [0.15, 0.2) is 34.7 Å². The average molecular weight is 430 g/mol. The minimum Gasteiger partial charge on any atom is -0.362 e. The molecule has 144 valence electrons. The van der Waals surface area contributed by atoms with E-state index in [1.165, 1.54) is 27.6 Å². The first-order valence-corrected chi connectivity index (χ1v) is 11.3. The monoisotopic (exact) mass is 429 g/mol.